The van der Waals surface area contributed by atoms with Crippen molar-refractivity contribution in [3.63, 3.8) is 0 Å². The molecule has 16 heavy (non-hydrogen) atoms. The minimum absolute atomic E-state index is 0.578. The number of aromatic nitrogens is 1. The van der Waals surface area contributed by atoms with Crippen molar-refractivity contribution < 1.29 is 0 Å². The largest absolute Gasteiger partial charge is 0.384 e. The van der Waals surface area contributed by atoms with Crippen LogP contribution in [0.4, 0.5) is 5.82 Å². The topological polar surface area (TPSA) is 38.9 Å². The van der Waals surface area contributed by atoms with Crippen LogP contribution in [0.5, 0.6) is 0 Å². The molecule has 0 unspecified atom stereocenters. The summed E-state index contributed by atoms with van der Waals surface area (Å²) in [5.41, 5.74) is 8.26. The van der Waals surface area contributed by atoms with Gasteiger partial charge in [0, 0.05) is 16.8 Å². The van der Waals surface area contributed by atoms with Crippen molar-refractivity contribution in [1.82, 2.24) is 4.98 Å². The second-order valence-electron chi connectivity index (χ2n) is 3.69. The van der Waals surface area contributed by atoms with Gasteiger partial charge in [-0.2, -0.15) is 0 Å². The van der Waals surface area contributed by atoms with Gasteiger partial charge in [-0.1, -0.05) is 29.8 Å². The van der Waals surface area contributed by atoms with Crippen molar-refractivity contribution in [3.05, 3.63) is 53.7 Å². The third-order valence-corrected chi connectivity index (χ3v) is 3.31. The van der Waals surface area contributed by atoms with E-state index in [0.29, 0.717) is 5.82 Å². The maximum atomic E-state index is 5.63. The minimum Gasteiger partial charge on any atom is -0.384 e. The highest BCUT2D eigenvalue weighted by atomic mass is 32.2. The number of nitrogens with two attached hydrogens (primary N) is 1. The molecule has 0 bridgehead atoms. The van der Waals surface area contributed by atoms with Crippen LogP contribution in [-0.4, -0.2) is 4.98 Å². The number of thioether (sulfide) groups is 1. The highest BCUT2D eigenvalue weighted by Gasteiger charge is 1.97. The average Bonchev–Trinajstić information content (AvgIpc) is 2.27. The molecule has 1 heterocycles. The molecule has 0 spiro atoms. The van der Waals surface area contributed by atoms with E-state index in [9.17, 15) is 0 Å². The van der Waals surface area contributed by atoms with Gasteiger partial charge < -0.3 is 5.73 Å². The van der Waals surface area contributed by atoms with Crippen LogP contribution in [0.3, 0.4) is 0 Å². The first-order chi connectivity index (χ1) is 7.74. The van der Waals surface area contributed by atoms with Gasteiger partial charge in [-0.15, -0.1) is 11.8 Å². The van der Waals surface area contributed by atoms with Crippen LogP contribution in [0.2, 0.25) is 0 Å². The number of hydrogen-bond acceptors (Lipinski definition) is 3. The summed E-state index contributed by atoms with van der Waals surface area (Å²) < 4.78 is 0. The third kappa shape index (κ3) is 3.00. The number of nitrogens with zero attached hydrogens (tertiary/aromatic N) is 1. The van der Waals surface area contributed by atoms with E-state index in [-0.39, 0.29) is 0 Å². The number of anilines is 1. The molecule has 1 aromatic heterocycles. The summed E-state index contributed by atoms with van der Waals surface area (Å²) in [6.07, 6.45) is 1.74. The molecule has 0 radical (unpaired) electrons. The quantitative estimate of drug-likeness (QED) is 0.822. The number of pyridine rings is 1. The van der Waals surface area contributed by atoms with Crippen molar-refractivity contribution in [2.24, 2.45) is 0 Å². The zero-order valence-electron chi connectivity index (χ0n) is 9.18. The van der Waals surface area contributed by atoms with Crippen LogP contribution in [0.1, 0.15) is 11.1 Å². The van der Waals surface area contributed by atoms with Gasteiger partial charge in [0.05, 0.1) is 0 Å². The van der Waals surface area contributed by atoms with Gasteiger partial charge in [0.25, 0.3) is 0 Å². The molecule has 0 aliphatic rings. The van der Waals surface area contributed by atoms with Crippen molar-refractivity contribution in [3.8, 4) is 0 Å². The molecule has 2 nitrogen and oxygen atoms in total. The summed E-state index contributed by atoms with van der Waals surface area (Å²) in [5.74, 6) is 1.54. The van der Waals surface area contributed by atoms with Crippen LogP contribution in [0.25, 0.3) is 0 Å². The van der Waals surface area contributed by atoms with Gasteiger partial charge in [0.1, 0.15) is 5.82 Å². The first-order valence-corrected chi connectivity index (χ1v) is 6.12. The summed E-state index contributed by atoms with van der Waals surface area (Å²) in [5, 5.41) is 0. The Bertz CT molecular complexity index is 437. The van der Waals surface area contributed by atoms with Crippen molar-refractivity contribution in [2.75, 3.05) is 5.73 Å². The van der Waals surface area contributed by atoms with Gasteiger partial charge in [-0.3, -0.25) is 0 Å². The molecule has 2 rings (SSSR count). The number of hydrogen-bond donors (Lipinski definition) is 1. The predicted octanol–water partition coefficient (Wildman–Crippen LogP) is 3.26. The summed E-state index contributed by atoms with van der Waals surface area (Å²) >= 11 is 1.78. The summed E-state index contributed by atoms with van der Waals surface area (Å²) in [7, 11) is 0. The molecule has 0 amide bonds. The normalized spacial score (nSPS) is 10.3. The SMILES string of the molecule is Cc1cccc(CSc2ccnc(N)c2)c1. The highest BCUT2D eigenvalue weighted by molar-refractivity contribution is 7.98. The van der Waals surface area contributed by atoms with Crippen LogP contribution in [0.15, 0.2) is 47.5 Å². The Balaban J connectivity index is 2.02. The molecular formula is C13H14N2S. The Morgan fingerprint density at radius 3 is 2.88 bits per heavy atom. The fraction of sp³-hybridized carbons (Fsp3) is 0.154. The lowest BCUT2D eigenvalue weighted by Crippen LogP contribution is -1.89. The maximum Gasteiger partial charge on any atom is 0.124 e. The van der Waals surface area contributed by atoms with Crippen molar-refractivity contribution in [2.45, 2.75) is 17.6 Å². The number of aryl methyl sites for hydroxylation is 1. The maximum absolute atomic E-state index is 5.63. The zero-order chi connectivity index (χ0) is 11.4. The first kappa shape index (κ1) is 11.0. The lowest BCUT2D eigenvalue weighted by molar-refractivity contribution is 1.26. The molecule has 1 aromatic carbocycles. The first-order valence-electron chi connectivity index (χ1n) is 5.14. The smallest absolute Gasteiger partial charge is 0.124 e. The molecular weight excluding hydrogens is 216 g/mol. The van der Waals surface area contributed by atoms with E-state index < -0.39 is 0 Å². The van der Waals surface area contributed by atoms with Crippen LogP contribution in [0, 0.1) is 6.92 Å². The molecule has 0 saturated heterocycles. The summed E-state index contributed by atoms with van der Waals surface area (Å²) in [6, 6.07) is 12.4. The van der Waals surface area contributed by atoms with E-state index in [1.54, 1.807) is 18.0 Å². The van der Waals surface area contributed by atoms with E-state index in [1.165, 1.54) is 11.1 Å². The van der Waals surface area contributed by atoms with Gasteiger partial charge in [-0.25, -0.2) is 4.98 Å². The summed E-state index contributed by atoms with van der Waals surface area (Å²) in [4.78, 5) is 5.13. The minimum atomic E-state index is 0.578. The fourth-order valence-electron chi connectivity index (χ4n) is 1.49. The van der Waals surface area contributed by atoms with Crippen molar-refractivity contribution in [1.29, 1.82) is 0 Å². The molecule has 82 valence electrons. The van der Waals surface area contributed by atoms with Gasteiger partial charge in [-0.05, 0) is 24.6 Å². The standard InChI is InChI=1S/C13H14N2S/c1-10-3-2-4-11(7-10)9-16-12-5-6-15-13(14)8-12/h2-8H,9H2,1H3,(H2,14,15). The predicted molar refractivity (Wildman–Crippen MR) is 69.4 cm³/mol. The monoisotopic (exact) mass is 230 g/mol. The number of benzene rings is 1. The molecule has 3 heteroatoms. The van der Waals surface area contributed by atoms with Gasteiger partial charge in [0.15, 0.2) is 0 Å². The van der Waals surface area contributed by atoms with Crippen LogP contribution < -0.4 is 5.73 Å². The Labute approximate surface area is 99.9 Å². The summed E-state index contributed by atoms with van der Waals surface area (Å²) in [6.45, 7) is 2.11. The molecule has 2 aromatic rings. The zero-order valence-corrected chi connectivity index (χ0v) is 10.00. The second kappa shape index (κ2) is 5.03. The average molecular weight is 230 g/mol. The Kier molecular flexibility index (Phi) is 3.47. The van der Waals surface area contributed by atoms with E-state index in [2.05, 4.69) is 36.2 Å². The lowest BCUT2D eigenvalue weighted by atomic mass is 10.2. The van der Waals surface area contributed by atoms with Gasteiger partial charge in [0.2, 0.25) is 0 Å². The Morgan fingerprint density at radius 1 is 1.25 bits per heavy atom. The van der Waals surface area contributed by atoms with E-state index >= 15 is 0 Å². The molecule has 2 N–H and O–H groups in total. The van der Waals surface area contributed by atoms with Crippen molar-refractivity contribution >= 4 is 17.6 Å². The molecule has 0 atom stereocenters. The number of nitrogen functional groups attached to an aromatic ring is 1. The molecule has 0 aliphatic carbocycles. The fourth-order valence-corrected chi connectivity index (χ4v) is 2.36. The highest BCUT2D eigenvalue weighted by Crippen LogP contribution is 2.23. The van der Waals surface area contributed by atoms with E-state index in [1.807, 2.05) is 12.1 Å². The number of rotatable bonds is 3. The van der Waals surface area contributed by atoms with Crippen LogP contribution >= 0.6 is 11.8 Å². The van der Waals surface area contributed by atoms with E-state index in [0.717, 1.165) is 10.6 Å². The molecule has 0 saturated carbocycles. The molecule has 0 fully saturated rings. The second-order valence-corrected chi connectivity index (χ2v) is 4.74. The lowest BCUT2D eigenvalue weighted by Gasteiger charge is -2.03. The van der Waals surface area contributed by atoms with E-state index in [4.69, 9.17) is 5.73 Å². The Hall–Kier alpha value is -1.48. The van der Waals surface area contributed by atoms with Gasteiger partial charge >= 0.3 is 0 Å². The van der Waals surface area contributed by atoms with Crippen LogP contribution in [-0.2, 0) is 5.75 Å². The Morgan fingerprint density at radius 2 is 2.12 bits per heavy atom. The third-order valence-electron chi connectivity index (χ3n) is 2.24. The molecule has 0 aliphatic heterocycles.